The van der Waals surface area contributed by atoms with E-state index in [4.69, 9.17) is 4.74 Å². The topological polar surface area (TPSA) is 90.3 Å². The van der Waals surface area contributed by atoms with E-state index in [1.165, 1.54) is 11.3 Å². The van der Waals surface area contributed by atoms with E-state index in [1.54, 1.807) is 6.34 Å². The lowest BCUT2D eigenvalue weighted by Gasteiger charge is -2.32. The van der Waals surface area contributed by atoms with Crippen molar-refractivity contribution in [1.82, 2.24) is 9.88 Å². The van der Waals surface area contributed by atoms with E-state index >= 15 is 0 Å². The van der Waals surface area contributed by atoms with Gasteiger partial charge in [-0.2, -0.15) is 0 Å². The van der Waals surface area contributed by atoms with E-state index in [-0.39, 0.29) is 17.9 Å². The minimum Gasteiger partial charge on any atom is -0.494 e. The number of nitrogens with zero attached hydrogens (tertiary/aromatic N) is 3. The molecule has 0 aliphatic carbocycles. The molecule has 0 spiro atoms. The summed E-state index contributed by atoms with van der Waals surface area (Å²) in [6.45, 7) is 1.32. The van der Waals surface area contributed by atoms with E-state index in [1.807, 2.05) is 64.9 Å². The lowest BCUT2D eigenvalue weighted by molar-refractivity contribution is 0.0602. The summed E-state index contributed by atoms with van der Waals surface area (Å²) in [4.78, 5) is 26.9. The highest BCUT2D eigenvalue weighted by Crippen LogP contribution is 2.36. The van der Waals surface area contributed by atoms with Crippen LogP contribution in [-0.4, -0.2) is 46.4 Å². The van der Waals surface area contributed by atoms with Crippen molar-refractivity contribution in [2.45, 2.75) is 18.9 Å². The number of thiophene rings is 1. The van der Waals surface area contributed by atoms with Crippen LogP contribution < -0.4 is 15.3 Å². The third-order valence-electron chi connectivity index (χ3n) is 6.26. The van der Waals surface area contributed by atoms with Gasteiger partial charge in [-0.3, -0.25) is 4.79 Å². The van der Waals surface area contributed by atoms with Crippen LogP contribution in [0.2, 0.25) is 0 Å². The van der Waals surface area contributed by atoms with Crippen molar-refractivity contribution in [3.8, 4) is 11.6 Å². The van der Waals surface area contributed by atoms with Crippen LogP contribution in [0, 0.1) is 0 Å². The van der Waals surface area contributed by atoms with E-state index in [0.717, 1.165) is 50.6 Å². The number of amides is 1. The highest BCUT2D eigenvalue weighted by Gasteiger charge is 2.26. The van der Waals surface area contributed by atoms with Crippen molar-refractivity contribution in [3.05, 3.63) is 74.9 Å². The molecular formula is C26H22N4O3S. The summed E-state index contributed by atoms with van der Waals surface area (Å²) < 4.78 is 6.43. The molecule has 4 aromatic rings. The number of hydrogen-bond donors (Lipinski definition) is 2. The number of hydrogen-bond acceptors (Lipinski definition) is 6. The van der Waals surface area contributed by atoms with Gasteiger partial charge in [-0.05, 0) is 47.0 Å². The van der Waals surface area contributed by atoms with Gasteiger partial charge in [0.1, 0.15) is 18.2 Å². The number of aromatic amines is 1. The summed E-state index contributed by atoms with van der Waals surface area (Å²) in [5, 5.41) is 15.2. The molecule has 6 rings (SSSR count). The first-order valence-electron chi connectivity index (χ1n) is 11.2. The van der Waals surface area contributed by atoms with Crippen LogP contribution in [-0.2, 0) is 0 Å². The molecule has 170 valence electrons. The summed E-state index contributed by atoms with van der Waals surface area (Å²) >= 11 is 1.47. The van der Waals surface area contributed by atoms with Crippen molar-refractivity contribution < 1.29 is 14.6 Å². The van der Waals surface area contributed by atoms with Gasteiger partial charge in [-0.25, -0.2) is 9.98 Å². The zero-order valence-electron chi connectivity index (χ0n) is 18.3. The van der Waals surface area contributed by atoms with E-state index < -0.39 is 0 Å². The number of ether oxygens (including phenoxy) is 1. The summed E-state index contributed by atoms with van der Waals surface area (Å²) in [6, 6.07) is 15.4. The van der Waals surface area contributed by atoms with Crippen molar-refractivity contribution >= 4 is 46.2 Å². The Morgan fingerprint density at radius 1 is 1.18 bits per heavy atom. The van der Waals surface area contributed by atoms with Crippen LogP contribution >= 0.6 is 11.3 Å². The number of aliphatic imine (C=N–C) groups is 1. The third-order valence-corrected chi connectivity index (χ3v) is 7.12. The first-order valence-corrected chi connectivity index (χ1v) is 12.1. The lowest BCUT2D eigenvalue weighted by Crippen LogP contribution is -2.41. The van der Waals surface area contributed by atoms with Gasteiger partial charge in [0, 0.05) is 31.5 Å². The van der Waals surface area contributed by atoms with Crippen LogP contribution in [0.15, 0.2) is 63.9 Å². The second-order valence-electron chi connectivity index (χ2n) is 8.42. The molecule has 0 bridgehead atoms. The van der Waals surface area contributed by atoms with Crippen LogP contribution in [0.3, 0.4) is 0 Å². The number of nitrogens with one attached hydrogen (secondary N) is 1. The molecule has 2 aromatic heterocycles. The first kappa shape index (κ1) is 20.7. The van der Waals surface area contributed by atoms with Gasteiger partial charge in [0.2, 0.25) is 0 Å². The normalized spacial score (nSPS) is 16.1. The Morgan fingerprint density at radius 3 is 2.88 bits per heavy atom. The summed E-state index contributed by atoms with van der Waals surface area (Å²) in [7, 11) is 0. The number of fused-ring (bicyclic) bond motifs is 2. The Kier molecular flexibility index (Phi) is 5.15. The van der Waals surface area contributed by atoms with Gasteiger partial charge in [-0.15, -0.1) is 11.3 Å². The summed E-state index contributed by atoms with van der Waals surface area (Å²) in [6.07, 6.45) is 4.99. The first-order chi connectivity index (χ1) is 16.7. The molecule has 0 radical (unpaired) electrons. The van der Waals surface area contributed by atoms with Gasteiger partial charge < -0.3 is 19.7 Å². The van der Waals surface area contributed by atoms with Gasteiger partial charge in [0.05, 0.1) is 26.8 Å². The van der Waals surface area contributed by atoms with Crippen LogP contribution in [0.25, 0.3) is 17.0 Å². The fourth-order valence-electron chi connectivity index (χ4n) is 4.54. The van der Waals surface area contributed by atoms with Crippen molar-refractivity contribution in [1.29, 1.82) is 0 Å². The predicted octanol–water partition coefficient (Wildman–Crippen LogP) is 3.74. The average molecular weight is 471 g/mol. The van der Waals surface area contributed by atoms with Crippen LogP contribution in [0.5, 0.6) is 11.6 Å². The Labute approximate surface area is 199 Å². The number of aromatic hydroxyl groups is 1. The van der Waals surface area contributed by atoms with Crippen molar-refractivity contribution in [2.24, 2.45) is 9.98 Å². The molecule has 0 atom stereocenters. The Morgan fingerprint density at radius 2 is 2.06 bits per heavy atom. The minimum atomic E-state index is -0.00109. The number of H-pyrrole nitrogens is 1. The predicted molar refractivity (Wildman–Crippen MR) is 133 cm³/mol. The largest absolute Gasteiger partial charge is 0.494 e. The Balaban J connectivity index is 1.26. The lowest BCUT2D eigenvalue weighted by atomic mass is 10.1. The fourth-order valence-corrected chi connectivity index (χ4v) is 5.23. The zero-order chi connectivity index (χ0) is 23.1. The second kappa shape index (κ2) is 8.46. The standard InChI is InChI=1S/C26H22N4O3S/c31-25-18(13-16-6-7-19-21(14-16)28-15-27-19)24-20(29-25)3-1-4-22(24)33-17-8-10-30(11-9-17)26(32)23-5-2-12-34-23/h1-7,12-15,17,29,31H,8-11H2/b16-13+. The van der Waals surface area contributed by atoms with Gasteiger partial charge in [-0.1, -0.05) is 18.2 Å². The highest BCUT2D eigenvalue weighted by molar-refractivity contribution is 7.12. The molecule has 2 aromatic carbocycles. The number of aromatic nitrogens is 1. The number of carbonyl (C=O) groups excluding carboxylic acids is 1. The smallest absolute Gasteiger partial charge is 0.263 e. The molecule has 0 unspecified atom stereocenters. The number of carbonyl (C=O) groups is 1. The number of piperidine rings is 1. The number of likely N-dealkylation sites (tertiary alicyclic amines) is 1. The maximum absolute atomic E-state index is 12.6. The molecule has 1 amide bonds. The molecule has 2 aliphatic rings. The molecule has 34 heavy (non-hydrogen) atoms. The molecule has 2 N–H and O–H groups in total. The van der Waals surface area contributed by atoms with E-state index in [9.17, 15) is 9.90 Å². The molecule has 1 fully saturated rings. The van der Waals surface area contributed by atoms with Gasteiger partial charge >= 0.3 is 0 Å². The van der Waals surface area contributed by atoms with Gasteiger partial charge in [0.15, 0.2) is 5.88 Å². The molecule has 1 saturated heterocycles. The number of rotatable bonds is 4. The molecule has 4 heterocycles. The zero-order valence-corrected chi connectivity index (χ0v) is 19.1. The third kappa shape index (κ3) is 3.76. The second-order valence-corrected chi connectivity index (χ2v) is 9.37. The molecule has 2 aliphatic heterocycles. The molecular weight excluding hydrogens is 448 g/mol. The average Bonchev–Trinajstić information content (AvgIpc) is 3.60. The van der Waals surface area contributed by atoms with Crippen molar-refractivity contribution in [3.63, 3.8) is 0 Å². The van der Waals surface area contributed by atoms with Crippen molar-refractivity contribution in [2.75, 3.05) is 13.1 Å². The maximum Gasteiger partial charge on any atom is 0.263 e. The van der Waals surface area contributed by atoms with E-state index in [0.29, 0.717) is 18.7 Å². The monoisotopic (exact) mass is 470 g/mol. The quantitative estimate of drug-likeness (QED) is 0.476. The molecule has 0 saturated carbocycles. The summed E-state index contributed by atoms with van der Waals surface area (Å²) in [5.74, 6) is 0.906. The fraction of sp³-hybridized carbons (Fsp3) is 0.192. The molecule has 8 heteroatoms. The Hall–Kier alpha value is -3.91. The van der Waals surface area contributed by atoms with Gasteiger partial charge in [0.25, 0.3) is 5.91 Å². The Bertz CT molecular complexity index is 1530. The highest BCUT2D eigenvalue weighted by atomic mass is 32.1. The maximum atomic E-state index is 12.6. The molecule has 7 nitrogen and oxygen atoms in total. The van der Waals surface area contributed by atoms with E-state index in [2.05, 4.69) is 15.0 Å². The SMILES string of the molecule is O=C(c1cccs1)N1CCC(Oc2cccc3[nH]c(O)c(/C=c4\ccc5c(c4)N=CN=5)c23)CC1. The van der Waals surface area contributed by atoms with Crippen LogP contribution in [0.4, 0.5) is 5.69 Å². The van der Waals surface area contributed by atoms with Crippen LogP contribution in [0.1, 0.15) is 28.1 Å². The summed E-state index contributed by atoms with van der Waals surface area (Å²) in [5.41, 5.74) is 2.30. The minimum absolute atomic E-state index is 0.00109. The number of benzene rings is 2.